The number of primary amides is 1. The number of halogens is 1. The van der Waals surface area contributed by atoms with Gasteiger partial charge in [0.1, 0.15) is 5.75 Å². The van der Waals surface area contributed by atoms with Crippen LogP contribution in [0.15, 0.2) is 18.2 Å². The van der Waals surface area contributed by atoms with Gasteiger partial charge in [0, 0.05) is 12.1 Å². The molecule has 9 heteroatoms. The number of nitrogens with one attached hydrogen (secondary N) is 1. The molecule has 96 valence electrons. The van der Waals surface area contributed by atoms with Crippen LogP contribution in [0, 0.1) is 15.9 Å². The van der Waals surface area contributed by atoms with E-state index in [1.807, 2.05) is 0 Å². The quantitative estimate of drug-likeness (QED) is 0.593. The van der Waals surface area contributed by atoms with Gasteiger partial charge in [0.15, 0.2) is 6.61 Å². The molecule has 0 aliphatic rings. The molecule has 0 aliphatic heterocycles. The van der Waals surface area contributed by atoms with Crippen molar-refractivity contribution in [2.75, 3.05) is 6.61 Å². The van der Waals surface area contributed by atoms with Gasteiger partial charge < -0.3 is 10.5 Å². The number of carbonyl (C=O) groups excluding carboxylic acids is 2. The number of carbonyl (C=O) groups is 2. The number of urea groups is 1. The van der Waals surface area contributed by atoms with Gasteiger partial charge in [-0.15, -0.1) is 0 Å². The molecule has 0 aromatic heterocycles. The van der Waals surface area contributed by atoms with Crippen LogP contribution in [0.4, 0.5) is 14.9 Å². The predicted molar refractivity (Wildman–Crippen MR) is 56.3 cm³/mol. The minimum absolute atomic E-state index is 0.0854. The Balaban J connectivity index is 2.64. The van der Waals surface area contributed by atoms with Crippen molar-refractivity contribution in [2.24, 2.45) is 5.73 Å². The van der Waals surface area contributed by atoms with E-state index >= 15 is 0 Å². The van der Waals surface area contributed by atoms with Gasteiger partial charge in [0.05, 0.1) is 4.92 Å². The van der Waals surface area contributed by atoms with Crippen LogP contribution in [0.2, 0.25) is 0 Å². The summed E-state index contributed by atoms with van der Waals surface area (Å²) in [5.41, 5.74) is 3.97. The number of hydrogen-bond acceptors (Lipinski definition) is 5. The monoisotopic (exact) mass is 257 g/mol. The lowest BCUT2D eigenvalue weighted by molar-refractivity contribution is -0.387. The average molecular weight is 257 g/mol. The van der Waals surface area contributed by atoms with Crippen LogP contribution < -0.4 is 15.8 Å². The number of benzene rings is 1. The Hall–Kier alpha value is -2.71. The summed E-state index contributed by atoms with van der Waals surface area (Å²) in [6.07, 6.45) is 0. The molecule has 1 aromatic rings. The molecule has 0 heterocycles. The minimum Gasteiger partial charge on any atom is -0.484 e. The molecule has 3 N–H and O–H groups in total. The van der Waals surface area contributed by atoms with Crippen LogP contribution in [-0.2, 0) is 4.79 Å². The maximum Gasteiger partial charge on any atom is 0.318 e. The summed E-state index contributed by atoms with van der Waals surface area (Å²) in [5, 5.41) is 12.1. The van der Waals surface area contributed by atoms with Crippen molar-refractivity contribution >= 4 is 17.6 Å². The third-order valence-corrected chi connectivity index (χ3v) is 1.75. The molecule has 8 nitrogen and oxygen atoms in total. The van der Waals surface area contributed by atoms with Gasteiger partial charge in [-0.2, -0.15) is 4.39 Å². The van der Waals surface area contributed by atoms with E-state index in [0.29, 0.717) is 0 Å². The van der Waals surface area contributed by atoms with Crippen molar-refractivity contribution in [2.45, 2.75) is 0 Å². The number of ether oxygens (including phenoxy) is 1. The Labute approximate surface area is 99.7 Å². The van der Waals surface area contributed by atoms with Crippen molar-refractivity contribution in [3.05, 3.63) is 34.1 Å². The zero-order valence-corrected chi connectivity index (χ0v) is 8.88. The number of rotatable bonds is 4. The Morgan fingerprint density at radius 1 is 1.50 bits per heavy atom. The molecule has 0 bridgehead atoms. The number of nitrogens with two attached hydrogens (primary N) is 1. The molecular weight excluding hydrogens is 249 g/mol. The first kappa shape index (κ1) is 13.4. The summed E-state index contributed by atoms with van der Waals surface area (Å²) < 4.78 is 17.9. The van der Waals surface area contributed by atoms with Crippen molar-refractivity contribution in [1.82, 2.24) is 5.32 Å². The van der Waals surface area contributed by atoms with Gasteiger partial charge in [0.2, 0.25) is 5.82 Å². The second-order valence-corrected chi connectivity index (χ2v) is 3.07. The van der Waals surface area contributed by atoms with Crippen LogP contribution in [0.25, 0.3) is 0 Å². The van der Waals surface area contributed by atoms with E-state index < -0.39 is 35.0 Å². The molecule has 0 saturated carbocycles. The summed E-state index contributed by atoms with van der Waals surface area (Å²) in [4.78, 5) is 30.7. The Bertz CT molecular complexity index is 505. The number of hydrogen-bond donors (Lipinski definition) is 2. The first-order valence-electron chi connectivity index (χ1n) is 4.56. The third kappa shape index (κ3) is 3.70. The molecule has 0 radical (unpaired) electrons. The molecule has 0 atom stereocenters. The average Bonchev–Trinajstić information content (AvgIpc) is 2.25. The fraction of sp³-hybridized carbons (Fsp3) is 0.111. The van der Waals surface area contributed by atoms with E-state index in [9.17, 15) is 24.1 Å². The van der Waals surface area contributed by atoms with Crippen molar-refractivity contribution in [3.63, 3.8) is 0 Å². The second-order valence-electron chi connectivity index (χ2n) is 3.07. The van der Waals surface area contributed by atoms with Crippen molar-refractivity contribution in [3.8, 4) is 5.75 Å². The number of imide groups is 1. The lowest BCUT2D eigenvalue weighted by Gasteiger charge is -2.05. The van der Waals surface area contributed by atoms with Crippen LogP contribution in [0.1, 0.15) is 0 Å². The lowest BCUT2D eigenvalue weighted by atomic mass is 10.3. The smallest absolute Gasteiger partial charge is 0.318 e. The van der Waals surface area contributed by atoms with Crippen LogP contribution in [0.5, 0.6) is 5.75 Å². The summed E-state index contributed by atoms with van der Waals surface area (Å²) >= 11 is 0. The summed E-state index contributed by atoms with van der Waals surface area (Å²) in [7, 11) is 0. The molecule has 0 unspecified atom stereocenters. The fourth-order valence-corrected chi connectivity index (χ4v) is 1.05. The molecule has 3 amide bonds. The van der Waals surface area contributed by atoms with Crippen molar-refractivity contribution < 1.29 is 23.6 Å². The highest BCUT2D eigenvalue weighted by molar-refractivity contribution is 5.94. The maximum absolute atomic E-state index is 13.1. The fourth-order valence-electron chi connectivity index (χ4n) is 1.05. The van der Waals surface area contributed by atoms with E-state index in [1.165, 1.54) is 0 Å². The normalized spacial score (nSPS) is 9.61. The summed E-state index contributed by atoms with van der Waals surface area (Å²) in [5.74, 6) is -1.99. The number of nitro benzene ring substituents is 1. The molecular formula is C9H8FN3O5. The first-order valence-corrected chi connectivity index (χ1v) is 4.56. The summed E-state index contributed by atoms with van der Waals surface area (Å²) in [6.45, 7) is -0.569. The van der Waals surface area contributed by atoms with Gasteiger partial charge in [-0.1, -0.05) is 0 Å². The van der Waals surface area contributed by atoms with E-state index in [0.717, 1.165) is 18.2 Å². The van der Waals surface area contributed by atoms with E-state index in [2.05, 4.69) is 5.73 Å². The Kier molecular flexibility index (Phi) is 4.13. The zero-order chi connectivity index (χ0) is 13.7. The van der Waals surface area contributed by atoms with Crippen LogP contribution >= 0.6 is 0 Å². The number of amides is 3. The van der Waals surface area contributed by atoms with Crippen LogP contribution in [-0.4, -0.2) is 23.5 Å². The van der Waals surface area contributed by atoms with Gasteiger partial charge >= 0.3 is 11.7 Å². The highest BCUT2D eigenvalue weighted by Gasteiger charge is 2.14. The maximum atomic E-state index is 13.1. The van der Waals surface area contributed by atoms with Crippen LogP contribution in [0.3, 0.4) is 0 Å². The number of nitrogens with zero attached hydrogens (tertiary/aromatic N) is 1. The SMILES string of the molecule is NC(=O)NC(=O)COc1ccc([N+](=O)[O-])c(F)c1. The van der Waals surface area contributed by atoms with Gasteiger partial charge in [-0.05, 0) is 6.07 Å². The molecule has 0 aliphatic carbocycles. The Morgan fingerprint density at radius 2 is 2.17 bits per heavy atom. The molecule has 1 aromatic carbocycles. The summed E-state index contributed by atoms with van der Waals surface area (Å²) in [6, 6.07) is 1.74. The van der Waals surface area contributed by atoms with E-state index in [1.54, 1.807) is 5.32 Å². The third-order valence-electron chi connectivity index (χ3n) is 1.75. The molecule has 18 heavy (non-hydrogen) atoms. The highest BCUT2D eigenvalue weighted by Crippen LogP contribution is 2.22. The Morgan fingerprint density at radius 3 is 2.67 bits per heavy atom. The standard InChI is InChI=1S/C9H8FN3O5/c10-6-3-5(1-2-7(6)13(16)17)18-4-8(14)12-9(11)15/h1-3H,4H2,(H3,11,12,14,15). The topological polar surface area (TPSA) is 125 Å². The highest BCUT2D eigenvalue weighted by atomic mass is 19.1. The number of nitro groups is 1. The zero-order valence-electron chi connectivity index (χ0n) is 8.88. The molecule has 0 spiro atoms. The van der Waals surface area contributed by atoms with Gasteiger partial charge in [0.25, 0.3) is 5.91 Å². The van der Waals surface area contributed by atoms with Gasteiger partial charge in [-0.25, -0.2) is 4.79 Å². The second kappa shape index (κ2) is 5.57. The predicted octanol–water partition coefficient (Wildman–Crippen LogP) is 0.308. The van der Waals surface area contributed by atoms with E-state index in [-0.39, 0.29) is 5.75 Å². The van der Waals surface area contributed by atoms with Gasteiger partial charge in [-0.3, -0.25) is 20.2 Å². The largest absolute Gasteiger partial charge is 0.484 e. The molecule has 1 rings (SSSR count). The molecule has 0 fully saturated rings. The lowest BCUT2D eigenvalue weighted by Crippen LogP contribution is -2.38. The molecule has 0 saturated heterocycles. The van der Waals surface area contributed by atoms with E-state index in [4.69, 9.17) is 4.74 Å². The minimum atomic E-state index is -1.09. The van der Waals surface area contributed by atoms with Crippen molar-refractivity contribution in [1.29, 1.82) is 0 Å². The first-order chi connectivity index (χ1) is 8.40.